The molecule has 1 aromatic heterocycles. The summed E-state index contributed by atoms with van der Waals surface area (Å²) in [5.74, 6) is 1.68. The SMILES string of the molecule is COc1ccc(Cc2nc(-c3ccc4c(c3)CCO4)no2)cc1F. The first-order valence-electron chi connectivity index (χ1n) is 7.64. The Morgan fingerprint density at radius 2 is 2.12 bits per heavy atom. The lowest BCUT2D eigenvalue weighted by Gasteiger charge is -2.03. The lowest BCUT2D eigenvalue weighted by molar-refractivity contribution is 0.357. The number of hydrogen-bond donors (Lipinski definition) is 0. The first kappa shape index (κ1) is 14.7. The fourth-order valence-corrected chi connectivity index (χ4v) is 2.76. The summed E-state index contributed by atoms with van der Waals surface area (Å²) in [5, 5.41) is 4.02. The van der Waals surface area contributed by atoms with Gasteiger partial charge in [0.15, 0.2) is 11.6 Å². The van der Waals surface area contributed by atoms with Gasteiger partial charge in [0, 0.05) is 12.0 Å². The van der Waals surface area contributed by atoms with Crippen LogP contribution in [0.4, 0.5) is 4.39 Å². The minimum Gasteiger partial charge on any atom is -0.494 e. The third-order valence-electron chi connectivity index (χ3n) is 3.99. The van der Waals surface area contributed by atoms with Crippen molar-refractivity contribution < 1.29 is 18.4 Å². The normalized spacial score (nSPS) is 12.8. The zero-order chi connectivity index (χ0) is 16.5. The first-order valence-corrected chi connectivity index (χ1v) is 7.64. The molecule has 1 aliphatic rings. The van der Waals surface area contributed by atoms with Crippen LogP contribution in [0.1, 0.15) is 17.0 Å². The van der Waals surface area contributed by atoms with Gasteiger partial charge in [-0.15, -0.1) is 0 Å². The Morgan fingerprint density at radius 3 is 2.96 bits per heavy atom. The van der Waals surface area contributed by atoms with Crippen molar-refractivity contribution in [2.75, 3.05) is 13.7 Å². The summed E-state index contributed by atoms with van der Waals surface area (Å²) in [7, 11) is 1.43. The molecule has 6 heteroatoms. The molecule has 0 saturated heterocycles. The predicted octanol–water partition coefficient (Wildman–Crippen LogP) is 3.41. The van der Waals surface area contributed by atoms with Crippen LogP contribution in [0.5, 0.6) is 11.5 Å². The quantitative estimate of drug-likeness (QED) is 0.735. The Balaban J connectivity index is 1.55. The monoisotopic (exact) mass is 326 g/mol. The molecule has 2 aromatic carbocycles. The molecule has 0 saturated carbocycles. The van der Waals surface area contributed by atoms with Gasteiger partial charge in [0.05, 0.1) is 20.1 Å². The molecular weight excluding hydrogens is 311 g/mol. The van der Waals surface area contributed by atoms with E-state index in [1.807, 2.05) is 18.2 Å². The van der Waals surface area contributed by atoms with E-state index < -0.39 is 5.82 Å². The summed E-state index contributed by atoms with van der Waals surface area (Å²) in [6.07, 6.45) is 1.25. The Kier molecular flexibility index (Phi) is 3.65. The summed E-state index contributed by atoms with van der Waals surface area (Å²) in [6.45, 7) is 0.708. The maximum Gasteiger partial charge on any atom is 0.231 e. The predicted molar refractivity (Wildman–Crippen MR) is 84.7 cm³/mol. The second-order valence-corrected chi connectivity index (χ2v) is 5.58. The fraction of sp³-hybridized carbons (Fsp3) is 0.222. The summed E-state index contributed by atoms with van der Waals surface area (Å²) in [5.41, 5.74) is 2.78. The van der Waals surface area contributed by atoms with Crippen molar-refractivity contribution in [1.29, 1.82) is 0 Å². The van der Waals surface area contributed by atoms with Crippen molar-refractivity contribution >= 4 is 0 Å². The van der Waals surface area contributed by atoms with E-state index in [-0.39, 0.29) is 5.75 Å². The molecule has 0 atom stereocenters. The number of halogens is 1. The smallest absolute Gasteiger partial charge is 0.231 e. The van der Waals surface area contributed by atoms with Crippen molar-refractivity contribution in [2.24, 2.45) is 0 Å². The maximum atomic E-state index is 13.7. The average molecular weight is 326 g/mol. The van der Waals surface area contributed by atoms with Crippen LogP contribution in [0, 0.1) is 5.82 Å². The van der Waals surface area contributed by atoms with Gasteiger partial charge in [0.1, 0.15) is 5.75 Å². The summed E-state index contributed by atoms with van der Waals surface area (Å²) >= 11 is 0. The Bertz CT molecular complexity index is 892. The zero-order valence-electron chi connectivity index (χ0n) is 13.1. The number of aromatic nitrogens is 2. The molecule has 5 nitrogen and oxygen atoms in total. The van der Waals surface area contributed by atoms with Gasteiger partial charge in [-0.05, 0) is 41.5 Å². The lowest BCUT2D eigenvalue weighted by atomic mass is 10.1. The highest BCUT2D eigenvalue weighted by Crippen LogP contribution is 2.29. The highest BCUT2D eigenvalue weighted by molar-refractivity contribution is 5.59. The van der Waals surface area contributed by atoms with E-state index in [1.165, 1.54) is 13.2 Å². The molecule has 0 unspecified atom stereocenters. The molecule has 24 heavy (non-hydrogen) atoms. The fourth-order valence-electron chi connectivity index (χ4n) is 2.76. The third-order valence-corrected chi connectivity index (χ3v) is 3.99. The molecule has 0 bridgehead atoms. The number of benzene rings is 2. The van der Waals surface area contributed by atoms with Gasteiger partial charge < -0.3 is 14.0 Å². The number of ether oxygens (including phenoxy) is 2. The van der Waals surface area contributed by atoms with Crippen molar-refractivity contribution in [1.82, 2.24) is 10.1 Å². The van der Waals surface area contributed by atoms with E-state index >= 15 is 0 Å². The van der Waals surface area contributed by atoms with Crippen LogP contribution in [0.2, 0.25) is 0 Å². The van der Waals surface area contributed by atoms with Crippen molar-refractivity contribution in [3.8, 4) is 22.9 Å². The van der Waals surface area contributed by atoms with Gasteiger partial charge in [0.25, 0.3) is 0 Å². The van der Waals surface area contributed by atoms with Gasteiger partial charge in [-0.25, -0.2) is 4.39 Å². The van der Waals surface area contributed by atoms with E-state index in [1.54, 1.807) is 12.1 Å². The van der Waals surface area contributed by atoms with Crippen LogP contribution in [0.3, 0.4) is 0 Å². The van der Waals surface area contributed by atoms with E-state index in [2.05, 4.69) is 10.1 Å². The summed E-state index contributed by atoms with van der Waals surface area (Å²) < 4.78 is 29.4. The third kappa shape index (κ3) is 2.71. The van der Waals surface area contributed by atoms with Crippen LogP contribution in [0.25, 0.3) is 11.4 Å². The molecule has 0 spiro atoms. The number of nitrogens with zero attached hydrogens (tertiary/aromatic N) is 2. The van der Waals surface area contributed by atoms with E-state index in [0.717, 1.165) is 28.9 Å². The maximum absolute atomic E-state index is 13.7. The molecule has 0 radical (unpaired) electrons. The molecule has 0 amide bonds. The van der Waals surface area contributed by atoms with Crippen LogP contribution in [-0.4, -0.2) is 23.9 Å². The molecule has 122 valence electrons. The van der Waals surface area contributed by atoms with E-state index in [4.69, 9.17) is 14.0 Å². The van der Waals surface area contributed by atoms with Crippen molar-refractivity contribution in [3.05, 3.63) is 59.2 Å². The number of hydrogen-bond acceptors (Lipinski definition) is 5. The standard InChI is InChI=1S/C18H15FN2O3/c1-22-16-4-2-11(8-14(16)19)9-17-20-18(21-24-17)13-3-5-15-12(10-13)6-7-23-15/h2-5,8,10H,6-7,9H2,1H3. The second kappa shape index (κ2) is 5.96. The summed E-state index contributed by atoms with van der Waals surface area (Å²) in [4.78, 5) is 4.40. The van der Waals surface area contributed by atoms with Gasteiger partial charge in [0.2, 0.25) is 11.7 Å². The van der Waals surface area contributed by atoms with Crippen LogP contribution in [0.15, 0.2) is 40.9 Å². The van der Waals surface area contributed by atoms with Gasteiger partial charge in [-0.2, -0.15) is 4.98 Å². The van der Waals surface area contributed by atoms with E-state index in [0.29, 0.717) is 24.7 Å². The van der Waals surface area contributed by atoms with Crippen LogP contribution >= 0.6 is 0 Å². The molecule has 2 heterocycles. The van der Waals surface area contributed by atoms with Crippen molar-refractivity contribution in [2.45, 2.75) is 12.8 Å². The topological polar surface area (TPSA) is 57.4 Å². The Morgan fingerprint density at radius 1 is 1.21 bits per heavy atom. The van der Waals surface area contributed by atoms with Gasteiger partial charge in [-0.1, -0.05) is 11.2 Å². The lowest BCUT2D eigenvalue weighted by Crippen LogP contribution is -1.93. The molecule has 0 aliphatic carbocycles. The first-order chi connectivity index (χ1) is 11.7. The van der Waals surface area contributed by atoms with E-state index in [9.17, 15) is 4.39 Å². The zero-order valence-corrected chi connectivity index (χ0v) is 13.1. The Labute approximate surface area is 138 Å². The average Bonchev–Trinajstić information content (AvgIpc) is 3.23. The molecular formula is C18H15FN2O3. The minimum atomic E-state index is -0.409. The Hall–Kier alpha value is -2.89. The highest BCUT2D eigenvalue weighted by Gasteiger charge is 2.16. The number of methoxy groups -OCH3 is 1. The number of rotatable bonds is 4. The van der Waals surface area contributed by atoms with Crippen LogP contribution in [-0.2, 0) is 12.8 Å². The van der Waals surface area contributed by atoms with Crippen LogP contribution < -0.4 is 9.47 Å². The minimum absolute atomic E-state index is 0.213. The molecule has 1 aliphatic heterocycles. The molecule has 4 rings (SSSR count). The second-order valence-electron chi connectivity index (χ2n) is 5.58. The largest absolute Gasteiger partial charge is 0.494 e. The molecule has 3 aromatic rings. The molecule has 0 fully saturated rings. The highest BCUT2D eigenvalue weighted by atomic mass is 19.1. The summed E-state index contributed by atoms with van der Waals surface area (Å²) in [6, 6.07) is 10.6. The number of fused-ring (bicyclic) bond motifs is 1. The van der Waals surface area contributed by atoms with Gasteiger partial charge >= 0.3 is 0 Å². The van der Waals surface area contributed by atoms with Gasteiger partial charge in [-0.3, -0.25) is 0 Å². The molecule has 0 N–H and O–H groups in total. The van der Waals surface area contributed by atoms with Crippen molar-refractivity contribution in [3.63, 3.8) is 0 Å².